The summed E-state index contributed by atoms with van der Waals surface area (Å²) >= 11 is 4.96. The van der Waals surface area contributed by atoms with Crippen molar-refractivity contribution in [2.45, 2.75) is 25.8 Å². The molecule has 4 nitrogen and oxygen atoms in total. The highest BCUT2D eigenvalue weighted by Gasteiger charge is 2.18. The Morgan fingerprint density at radius 1 is 1.24 bits per heavy atom. The number of hydrogen-bond donors (Lipinski definition) is 0. The fourth-order valence-corrected chi connectivity index (χ4v) is 4.01. The number of aromatic nitrogens is 3. The van der Waals surface area contributed by atoms with E-state index in [4.69, 9.17) is 0 Å². The van der Waals surface area contributed by atoms with Gasteiger partial charge in [0.25, 0.3) is 5.56 Å². The largest absolute Gasteiger partial charge is 0.295 e. The zero-order valence-corrected chi connectivity index (χ0v) is 13.6. The van der Waals surface area contributed by atoms with Crippen LogP contribution in [0.4, 0.5) is 0 Å². The van der Waals surface area contributed by atoms with Gasteiger partial charge >= 0.3 is 0 Å². The van der Waals surface area contributed by atoms with Gasteiger partial charge in [0.15, 0.2) is 10.3 Å². The molecule has 106 valence electrons. The molecule has 0 fully saturated rings. The summed E-state index contributed by atoms with van der Waals surface area (Å²) in [5, 5.41) is 0.846. The molecule has 0 atom stereocenters. The minimum Gasteiger partial charge on any atom is -0.295 e. The first kappa shape index (κ1) is 13.2. The lowest BCUT2D eigenvalue weighted by Gasteiger charge is -2.16. The zero-order valence-electron chi connectivity index (χ0n) is 11.2. The molecule has 0 bridgehead atoms. The van der Waals surface area contributed by atoms with Crippen molar-refractivity contribution < 1.29 is 0 Å². The molecule has 6 heteroatoms. The van der Waals surface area contributed by atoms with Crippen molar-refractivity contribution in [3.05, 3.63) is 44.9 Å². The summed E-state index contributed by atoms with van der Waals surface area (Å²) in [4.78, 5) is 22.5. The summed E-state index contributed by atoms with van der Waals surface area (Å²) in [6, 6.07) is 7.95. The SMILES string of the molecule is O=c1c2nc(-c3cccc(Br)c3)sc2nc2n1CCCC2. The molecule has 0 saturated carbocycles. The van der Waals surface area contributed by atoms with Gasteiger partial charge in [0.1, 0.15) is 10.8 Å². The maximum Gasteiger partial charge on any atom is 0.280 e. The normalized spacial score (nSPS) is 14.3. The quantitative estimate of drug-likeness (QED) is 0.664. The smallest absolute Gasteiger partial charge is 0.280 e. The highest BCUT2D eigenvalue weighted by Crippen LogP contribution is 2.29. The van der Waals surface area contributed by atoms with E-state index < -0.39 is 0 Å². The molecule has 1 aromatic carbocycles. The van der Waals surface area contributed by atoms with Crippen LogP contribution < -0.4 is 5.56 Å². The van der Waals surface area contributed by atoms with Crippen LogP contribution in [0.25, 0.3) is 20.9 Å². The number of thiazole rings is 1. The van der Waals surface area contributed by atoms with Gasteiger partial charge in [0, 0.05) is 23.0 Å². The molecule has 1 aliphatic rings. The molecular formula is C15H12BrN3OS. The zero-order chi connectivity index (χ0) is 14.4. The molecular weight excluding hydrogens is 350 g/mol. The number of rotatable bonds is 1. The number of halogens is 1. The summed E-state index contributed by atoms with van der Waals surface area (Å²) in [6.45, 7) is 0.765. The molecule has 2 aromatic heterocycles. The van der Waals surface area contributed by atoms with Crippen molar-refractivity contribution in [2.75, 3.05) is 0 Å². The summed E-state index contributed by atoms with van der Waals surface area (Å²) < 4.78 is 2.79. The monoisotopic (exact) mass is 361 g/mol. The van der Waals surface area contributed by atoms with E-state index >= 15 is 0 Å². The van der Waals surface area contributed by atoms with Gasteiger partial charge in [0.2, 0.25) is 0 Å². The molecule has 0 radical (unpaired) electrons. The molecule has 1 aliphatic heterocycles. The average Bonchev–Trinajstić information content (AvgIpc) is 2.92. The van der Waals surface area contributed by atoms with Gasteiger partial charge in [-0.15, -0.1) is 0 Å². The second-order valence-electron chi connectivity index (χ2n) is 5.13. The van der Waals surface area contributed by atoms with Gasteiger partial charge in [0.05, 0.1) is 0 Å². The van der Waals surface area contributed by atoms with Crippen LogP contribution in [0.1, 0.15) is 18.7 Å². The van der Waals surface area contributed by atoms with Gasteiger partial charge in [-0.2, -0.15) is 0 Å². The summed E-state index contributed by atoms with van der Waals surface area (Å²) in [5.74, 6) is 0.906. The maximum atomic E-state index is 12.5. The predicted molar refractivity (Wildman–Crippen MR) is 87.7 cm³/mol. The first-order valence-electron chi connectivity index (χ1n) is 6.88. The number of nitrogens with zero attached hydrogens (tertiary/aromatic N) is 3. The topological polar surface area (TPSA) is 47.8 Å². The Morgan fingerprint density at radius 3 is 3.00 bits per heavy atom. The molecule has 3 aromatic rings. The summed E-state index contributed by atoms with van der Waals surface area (Å²) in [7, 11) is 0. The number of aryl methyl sites for hydroxylation is 1. The lowest BCUT2D eigenvalue weighted by molar-refractivity contribution is 0.501. The van der Waals surface area contributed by atoms with Crippen LogP contribution in [0.5, 0.6) is 0 Å². The van der Waals surface area contributed by atoms with Crippen LogP contribution in [0.15, 0.2) is 33.5 Å². The Morgan fingerprint density at radius 2 is 2.14 bits per heavy atom. The lowest BCUT2D eigenvalue weighted by atomic mass is 10.1. The lowest BCUT2D eigenvalue weighted by Crippen LogP contribution is -2.28. The standard InChI is InChI=1S/C15H12BrN3OS/c16-10-5-3-4-9(8-10)13-18-12-14(21-13)17-11-6-1-2-7-19(11)15(12)20/h3-5,8H,1-2,6-7H2. The molecule has 4 rings (SSSR count). The third-order valence-corrected chi connectivity index (χ3v) is 5.19. The minimum atomic E-state index is 0.00666. The van der Waals surface area contributed by atoms with Crippen LogP contribution in [-0.4, -0.2) is 14.5 Å². The summed E-state index contributed by atoms with van der Waals surface area (Å²) in [6.07, 6.45) is 3.03. The molecule has 0 spiro atoms. The number of fused-ring (bicyclic) bond motifs is 2. The molecule has 0 saturated heterocycles. The second kappa shape index (κ2) is 5.03. The van der Waals surface area contributed by atoms with Gasteiger partial charge in [-0.1, -0.05) is 39.4 Å². The van der Waals surface area contributed by atoms with E-state index in [-0.39, 0.29) is 5.56 Å². The van der Waals surface area contributed by atoms with Crippen molar-refractivity contribution in [1.82, 2.24) is 14.5 Å². The number of hydrogen-bond acceptors (Lipinski definition) is 4. The van der Waals surface area contributed by atoms with Crippen molar-refractivity contribution in [2.24, 2.45) is 0 Å². The van der Waals surface area contributed by atoms with Crippen molar-refractivity contribution in [1.29, 1.82) is 0 Å². The molecule has 21 heavy (non-hydrogen) atoms. The highest BCUT2D eigenvalue weighted by molar-refractivity contribution is 9.10. The van der Waals surface area contributed by atoms with E-state index in [1.165, 1.54) is 11.3 Å². The van der Waals surface area contributed by atoms with E-state index in [0.717, 1.165) is 51.5 Å². The molecule has 0 amide bonds. The molecule has 3 heterocycles. The van der Waals surface area contributed by atoms with Crippen LogP contribution >= 0.6 is 27.3 Å². The third-order valence-electron chi connectivity index (χ3n) is 3.70. The van der Waals surface area contributed by atoms with Gasteiger partial charge < -0.3 is 0 Å². The van der Waals surface area contributed by atoms with Gasteiger partial charge in [-0.25, -0.2) is 9.97 Å². The van der Waals surface area contributed by atoms with E-state index in [1.807, 2.05) is 24.3 Å². The van der Waals surface area contributed by atoms with Crippen LogP contribution in [-0.2, 0) is 13.0 Å². The summed E-state index contributed by atoms with van der Waals surface area (Å²) in [5.41, 5.74) is 1.52. The molecule has 0 N–H and O–H groups in total. The van der Waals surface area contributed by atoms with Crippen LogP contribution in [0.3, 0.4) is 0 Å². The fraction of sp³-hybridized carbons (Fsp3) is 0.267. The average molecular weight is 362 g/mol. The maximum absolute atomic E-state index is 12.5. The van der Waals surface area contributed by atoms with E-state index in [0.29, 0.717) is 5.52 Å². The Kier molecular flexibility index (Phi) is 3.15. The first-order valence-corrected chi connectivity index (χ1v) is 8.49. The minimum absolute atomic E-state index is 0.00666. The second-order valence-corrected chi connectivity index (χ2v) is 7.02. The Labute approximate surface area is 133 Å². The molecule has 0 aliphatic carbocycles. The van der Waals surface area contributed by atoms with Crippen molar-refractivity contribution in [3.63, 3.8) is 0 Å². The van der Waals surface area contributed by atoms with E-state index in [1.54, 1.807) is 4.57 Å². The predicted octanol–water partition coefficient (Wildman–Crippen LogP) is 3.62. The number of benzene rings is 1. The van der Waals surface area contributed by atoms with Crippen LogP contribution in [0, 0.1) is 0 Å². The van der Waals surface area contributed by atoms with E-state index in [9.17, 15) is 4.79 Å². The van der Waals surface area contributed by atoms with Gasteiger partial charge in [-0.3, -0.25) is 9.36 Å². The third kappa shape index (κ3) is 2.22. The fourth-order valence-electron chi connectivity index (χ4n) is 2.67. The Balaban J connectivity index is 1.94. The van der Waals surface area contributed by atoms with E-state index in [2.05, 4.69) is 25.9 Å². The molecule has 0 unspecified atom stereocenters. The van der Waals surface area contributed by atoms with Gasteiger partial charge in [-0.05, 0) is 25.0 Å². The highest BCUT2D eigenvalue weighted by atomic mass is 79.9. The van der Waals surface area contributed by atoms with Crippen molar-refractivity contribution >= 4 is 37.6 Å². The Hall–Kier alpha value is -1.53. The first-order chi connectivity index (χ1) is 10.2. The van der Waals surface area contributed by atoms with Crippen LogP contribution in [0.2, 0.25) is 0 Å². The Bertz CT molecular complexity index is 900. The van der Waals surface area contributed by atoms with Crippen molar-refractivity contribution in [3.8, 4) is 10.6 Å².